The van der Waals surface area contributed by atoms with Crippen molar-refractivity contribution in [3.63, 3.8) is 0 Å². The van der Waals surface area contributed by atoms with Gasteiger partial charge in [0.2, 0.25) is 0 Å². The van der Waals surface area contributed by atoms with Crippen LogP contribution in [0, 0.1) is 0 Å². The Bertz CT molecular complexity index is 376. The average molecular weight is 343 g/mol. The number of ether oxygens (including phenoxy) is 4. The predicted molar refractivity (Wildman–Crippen MR) is 77.9 cm³/mol. The summed E-state index contributed by atoms with van der Waals surface area (Å²) in [4.78, 5) is 0. The third kappa shape index (κ3) is 8.69. The van der Waals surface area contributed by atoms with Crippen LogP contribution in [-0.4, -0.2) is 59.1 Å². The molecular formula is C14H22CoNO5-. The first kappa shape index (κ1) is 22.2. The van der Waals surface area contributed by atoms with Crippen LogP contribution in [0.2, 0.25) is 0 Å². The predicted octanol–water partition coefficient (Wildman–Crippen LogP) is 1.33. The maximum absolute atomic E-state index is 9.04. The molecule has 0 saturated heterocycles. The summed E-state index contributed by atoms with van der Waals surface area (Å²) >= 11 is 0. The third-order valence-corrected chi connectivity index (χ3v) is 2.27. The molecule has 0 aliphatic heterocycles. The van der Waals surface area contributed by atoms with E-state index in [1.807, 2.05) is 0 Å². The van der Waals surface area contributed by atoms with Crippen LogP contribution in [0.5, 0.6) is 11.5 Å². The van der Waals surface area contributed by atoms with Gasteiger partial charge in [0.05, 0.1) is 26.9 Å². The summed E-state index contributed by atoms with van der Waals surface area (Å²) in [6.07, 6.45) is 0.987. The van der Waals surface area contributed by atoms with Gasteiger partial charge in [-0.05, 0) is 11.6 Å². The van der Waals surface area contributed by atoms with E-state index in [-0.39, 0.29) is 16.8 Å². The largest absolute Gasteiger partial charge is 0.810 e. The van der Waals surface area contributed by atoms with Crippen molar-refractivity contribution in [1.29, 1.82) is 0 Å². The molecule has 7 heteroatoms. The van der Waals surface area contributed by atoms with E-state index < -0.39 is 0 Å². The number of nitrogens with zero attached hydrogens (tertiary/aromatic N) is 1. The fraction of sp³-hybridized carbons (Fsp3) is 0.500. The van der Waals surface area contributed by atoms with E-state index in [0.717, 1.165) is 13.3 Å². The SMILES string of the molecule is CO.COCCOCCOc1cccc(C=[N-])c1OC.[Co]. The van der Waals surface area contributed by atoms with Gasteiger partial charge in [-0.1, -0.05) is 12.1 Å². The van der Waals surface area contributed by atoms with Crippen molar-refractivity contribution in [2.75, 3.05) is 47.8 Å². The number of rotatable bonds is 9. The van der Waals surface area contributed by atoms with Crippen LogP contribution in [-0.2, 0) is 26.3 Å². The Balaban J connectivity index is 0. The van der Waals surface area contributed by atoms with E-state index in [4.69, 9.17) is 29.5 Å². The first-order valence-electron chi connectivity index (χ1n) is 6.12. The fourth-order valence-corrected chi connectivity index (χ4v) is 1.42. The molecule has 1 rings (SSSR count). The summed E-state index contributed by atoms with van der Waals surface area (Å²) in [6, 6.07) is 5.30. The molecule has 0 spiro atoms. The Morgan fingerprint density at radius 1 is 1.10 bits per heavy atom. The van der Waals surface area contributed by atoms with Gasteiger partial charge in [-0.2, -0.15) is 6.21 Å². The molecule has 123 valence electrons. The molecule has 21 heavy (non-hydrogen) atoms. The van der Waals surface area contributed by atoms with Crippen LogP contribution in [0.4, 0.5) is 0 Å². The Morgan fingerprint density at radius 2 is 1.76 bits per heavy atom. The van der Waals surface area contributed by atoms with Gasteiger partial charge in [0.25, 0.3) is 0 Å². The quantitative estimate of drug-likeness (QED) is 0.541. The van der Waals surface area contributed by atoms with Gasteiger partial charge in [0.15, 0.2) is 11.5 Å². The summed E-state index contributed by atoms with van der Waals surface area (Å²) < 4.78 is 20.8. The minimum atomic E-state index is 0. The van der Waals surface area contributed by atoms with Gasteiger partial charge in [-0.15, -0.1) is 0 Å². The first-order valence-corrected chi connectivity index (χ1v) is 6.12. The summed E-state index contributed by atoms with van der Waals surface area (Å²) in [7, 11) is 4.16. The molecule has 0 unspecified atom stereocenters. The van der Waals surface area contributed by atoms with Crippen LogP contribution < -0.4 is 9.47 Å². The number of para-hydroxylation sites is 1. The number of aliphatic hydroxyl groups excluding tert-OH is 1. The van der Waals surface area contributed by atoms with Gasteiger partial charge in [-0.25, -0.2) is 0 Å². The second-order valence-electron chi connectivity index (χ2n) is 3.46. The van der Waals surface area contributed by atoms with Crippen molar-refractivity contribution >= 4 is 6.21 Å². The molecule has 0 bridgehead atoms. The van der Waals surface area contributed by atoms with Gasteiger partial charge < -0.3 is 29.5 Å². The molecule has 1 aromatic rings. The van der Waals surface area contributed by atoms with Crippen molar-refractivity contribution < 1.29 is 40.8 Å². The standard InChI is InChI=1S/C13H18NO4.CH4O.Co/c1-15-6-7-17-8-9-18-12-5-3-4-11(10-14)13(12)16-2;1-2;/h3-5,10H,6-9H2,1-2H3;2H,1H3;/q-1;;. The Kier molecular flexibility index (Phi) is 16.1. The molecule has 0 heterocycles. The Morgan fingerprint density at radius 3 is 2.33 bits per heavy atom. The zero-order valence-corrected chi connectivity index (χ0v) is 13.5. The smallest absolute Gasteiger partial charge is 0.166 e. The van der Waals surface area contributed by atoms with Crippen LogP contribution in [0.3, 0.4) is 0 Å². The van der Waals surface area contributed by atoms with Crippen LogP contribution in [0.25, 0.3) is 5.41 Å². The molecule has 0 aliphatic carbocycles. The zero-order valence-electron chi connectivity index (χ0n) is 12.5. The maximum atomic E-state index is 9.04. The third-order valence-electron chi connectivity index (χ3n) is 2.27. The van der Waals surface area contributed by atoms with Crippen molar-refractivity contribution in [3.05, 3.63) is 29.2 Å². The van der Waals surface area contributed by atoms with E-state index in [1.165, 1.54) is 7.11 Å². The van der Waals surface area contributed by atoms with E-state index in [0.29, 0.717) is 43.5 Å². The topological polar surface area (TPSA) is 79.5 Å². The molecule has 0 aliphatic rings. The number of hydrogen-bond acceptors (Lipinski definition) is 5. The molecule has 0 saturated carbocycles. The molecule has 1 N–H and O–H groups in total. The molecule has 1 radical (unpaired) electrons. The number of methoxy groups -OCH3 is 2. The molecule has 0 amide bonds. The number of aliphatic hydroxyl groups is 1. The Labute approximate surface area is 136 Å². The van der Waals surface area contributed by atoms with Crippen molar-refractivity contribution in [2.24, 2.45) is 0 Å². The molecule has 6 nitrogen and oxygen atoms in total. The van der Waals surface area contributed by atoms with Gasteiger partial charge in [0, 0.05) is 31.0 Å². The fourth-order valence-electron chi connectivity index (χ4n) is 1.42. The van der Waals surface area contributed by atoms with Crippen molar-refractivity contribution in [2.45, 2.75) is 0 Å². The molecule has 1 aromatic carbocycles. The van der Waals surface area contributed by atoms with E-state index in [1.54, 1.807) is 25.3 Å². The Hall–Kier alpha value is -1.12. The zero-order chi connectivity index (χ0) is 15.2. The summed E-state index contributed by atoms with van der Waals surface area (Å²) in [5.41, 5.74) is 0.579. The monoisotopic (exact) mass is 343 g/mol. The van der Waals surface area contributed by atoms with E-state index >= 15 is 0 Å². The van der Waals surface area contributed by atoms with Gasteiger partial charge >= 0.3 is 0 Å². The van der Waals surface area contributed by atoms with Crippen molar-refractivity contribution in [3.8, 4) is 11.5 Å². The summed E-state index contributed by atoms with van der Waals surface area (Å²) in [5, 5.41) is 16.0. The second kappa shape index (κ2) is 15.3. The van der Waals surface area contributed by atoms with Crippen molar-refractivity contribution in [1.82, 2.24) is 0 Å². The number of benzene rings is 1. The summed E-state index contributed by atoms with van der Waals surface area (Å²) in [5.74, 6) is 1.09. The average Bonchev–Trinajstić information content (AvgIpc) is 2.52. The van der Waals surface area contributed by atoms with E-state index in [2.05, 4.69) is 0 Å². The van der Waals surface area contributed by atoms with Crippen LogP contribution >= 0.6 is 0 Å². The molecular weight excluding hydrogens is 321 g/mol. The molecule has 0 fully saturated rings. The second-order valence-corrected chi connectivity index (χ2v) is 3.46. The summed E-state index contributed by atoms with van der Waals surface area (Å²) in [6.45, 7) is 1.99. The van der Waals surface area contributed by atoms with E-state index in [9.17, 15) is 0 Å². The van der Waals surface area contributed by atoms with Crippen LogP contribution in [0.15, 0.2) is 18.2 Å². The molecule has 0 atom stereocenters. The first-order chi connectivity index (χ1) is 9.83. The van der Waals surface area contributed by atoms with Gasteiger partial charge in [0.1, 0.15) is 6.61 Å². The van der Waals surface area contributed by atoms with Gasteiger partial charge in [-0.3, -0.25) is 0 Å². The normalized spacial score (nSPS) is 8.95. The minimum absolute atomic E-state index is 0. The van der Waals surface area contributed by atoms with Crippen LogP contribution in [0.1, 0.15) is 5.56 Å². The number of hydrogen-bond donors (Lipinski definition) is 1. The minimum Gasteiger partial charge on any atom is -0.810 e. The molecule has 0 aromatic heterocycles. The maximum Gasteiger partial charge on any atom is 0.166 e.